The van der Waals surface area contributed by atoms with E-state index in [1.165, 1.54) is 7.11 Å². The van der Waals surface area contributed by atoms with Crippen molar-refractivity contribution in [3.05, 3.63) is 18.2 Å². The van der Waals surface area contributed by atoms with Crippen LogP contribution in [0.5, 0.6) is 11.5 Å². The molecule has 0 saturated heterocycles. The van der Waals surface area contributed by atoms with Crippen molar-refractivity contribution >= 4 is 11.6 Å². The maximum atomic E-state index is 12.0. The van der Waals surface area contributed by atoms with Gasteiger partial charge in [0.1, 0.15) is 11.5 Å². The standard InChI is InChI=1S/C13H20N2O3/c1-5-13(2,14)12(16)15-10-7-6-9(17-3)8-11(10)18-4/h6-8H,5,14H2,1-4H3,(H,15,16). The molecule has 0 aliphatic heterocycles. The first kappa shape index (κ1) is 14.3. The second-order valence-electron chi connectivity index (χ2n) is 4.29. The van der Waals surface area contributed by atoms with Gasteiger partial charge in [-0.1, -0.05) is 6.92 Å². The van der Waals surface area contributed by atoms with Crippen LogP contribution < -0.4 is 20.5 Å². The number of nitrogens with two attached hydrogens (primary N) is 1. The average molecular weight is 252 g/mol. The average Bonchev–Trinajstić information content (AvgIpc) is 2.38. The van der Waals surface area contributed by atoms with Crippen molar-refractivity contribution in [1.82, 2.24) is 0 Å². The van der Waals surface area contributed by atoms with Gasteiger partial charge in [0.25, 0.3) is 0 Å². The molecule has 0 aliphatic carbocycles. The van der Waals surface area contributed by atoms with Gasteiger partial charge in [-0.15, -0.1) is 0 Å². The summed E-state index contributed by atoms with van der Waals surface area (Å²) in [5, 5.41) is 2.76. The third-order valence-corrected chi connectivity index (χ3v) is 2.91. The van der Waals surface area contributed by atoms with E-state index >= 15 is 0 Å². The van der Waals surface area contributed by atoms with Crippen LogP contribution >= 0.6 is 0 Å². The third kappa shape index (κ3) is 3.13. The lowest BCUT2D eigenvalue weighted by Gasteiger charge is -2.22. The van der Waals surface area contributed by atoms with Gasteiger partial charge in [-0.05, 0) is 25.5 Å². The van der Waals surface area contributed by atoms with E-state index in [9.17, 15) is 4.79 Å². The molecule has 0 saturated carbocycles. The zero-order valence-electron chi connectivity index (χ0n) is 11.2. The number of rotatable bonds is 5. The summed E-state index contributed by atoms with van der Waals surface area (Å²) in [5.41, 5.74) is 5.56. The molecule has 0 radical (unpaired) electrons. The SMILES string of the molecule is CCC(C)(N)C(=O)Nc1ccc(OC)cc1OC. The molecule has 0 aromatic heterocycles. The fourth-order valence-corrected chi connectivity index (χ4v) is 1.33. The lowest BCUT2D eigenvalue weighted by atomic mass is 9.99. The van der Waals surface area contributed by atoms with E-state index in [0.717, 1.165) is 0 Å². The molecule has 100 valence electrons. The maximum Gasteiger partial charge on any atom is 0.244 e. The highest BCUT2D eigenvalue weighted by Gasteiger charge is 2.26. The lowest BCUT2D eigenvalue weighted by molar-refractivity contribution is -0.120. The largest absolute Gasteiger partial charge is 0.497 e. The number of nitrogens with one attached hydrogen (secondary N) is 1. The van der Waals surface area contributed by atoms with Crippen LogP contribution in [0.1, 0.15) is 20.3 Å². The van der Waals surface area contributed by atoms with Gasteiger partial charge in [-0.2, -0.15) is 0 Å². The van der Waals surface area contributed by atoms with Crippen molar-refractivity contribution in [1.29, 1.82) is 0 Å². The Hall–Kier alpha value is -1.75. The number of methoxy groups -OCH3 is 2. The van der Waals surface area contributed by atoms with Gasteiger partial charge >= 0.3 is 0 Å². The van der Waals surface area contributed by atoms with E-state index in [0.29, 0.717) is 23.6 Å². The van der Waals surface area contributed by atoms with Crippen LogP contribution in [-0.4, -0.2) is 25.7 Å². The van der Waals surface area contributed by atoms with Gasteiger partial charge in [-0.25, -0.2) is 0 Å². The summed E-state index contributed by atoms with van der Waals surface area (Å²) >= 11 is 0. The highest BCUT2D eigenvalue weighted by atomic mass is 16.5. The molecular formula is C13H20N2O3. The van der Waals surface area contributed by atoms with Gasteiger partial charge < -0.3 is 20.5 Å². The molecule has 5 heteroatoms. The Morgan fingerprint density at radius 1 is 1.39 bits per heavy atom. The van der Waals surface area contributed by atoms with Crippen LogP contribution in [0.25, 0.3) is 0 Å². The van der Waals surface area contributed by atoms with Crippen molar-refractivity contribution in [3.8, 4) is 11.5 Å². The van der Waals surface area contributed by atoms with Crippen LogP contribution in [0.2, 0.25) is 0 Å². The Morgan fingerprint density at radius 3 is 2.56 bits per heavy atom. The predicted molar refractivity (Wildman–Crippen MR) is 71.1 cm³/mol. The zero-order chi connectivity index (χ0) is 13.8. The summed E-state index contributed by atoms with van der Waals surface area (Å²) in [5.74, 6) is 0.957. The van der Waals surface area contributed by atoms with Gasteiger partial charge in [-0.3, -0.25) is 4.79 Å². The van der Waals surface area contributed by atoms with Gasteiger partial charge in [0.15, 0.2) is 0 Å². The molecule has 1 rings (SSSR count). The molecule has 0 spiro atoms. The first-order chi connectivity index (χ1) is 8.44. The van der Waals surface area contributed by atoms with Crippen molar-refractivity contribution < 1.29 is 14.3 Å². The highest BCUT2D eigenvalue weighted by Crippen LogP contribution is 2.29. The summed E-state index contributed by atoms with van der Waals surface area (Å²) < 4.78 is 10.3. The topological polar surface area (TPSA) is 73.6 Å². The quantitative estimate of drug-likeness (QED) is 0.837. The molecule has 0 bridgehead atoms. The van der Waals surface area contributed by atoms with E-state index < -0.39 is 5.54 Å². The number of amides is 1. The number of ether oxygens (including phenoxy) is 2. The monoisotopic (exact) mass is 252 g/mol. The van der Waals surface area contributed by atoms with Crippen LogP contribution in [0.3, 0.4) is 0 Å². The Labute approximate surface area is 107 Å². The van der Waals surface area contributed by atoms with Crippen molar-refractivity contribution in [2.75, 3.05) is 19.5 Å². The Kier molecular flexibility index (Phi) is 4.55. The number of carbonyl (C=O) groups excluding carboxylic acids is 1. The van der Waals surface area contributed by atoms with Crippen LogP contribution in [-0.2, 0) is 4.79 Å². The smallest absolute Gasteiger partial charge is 0.244 e. The summed E-state index contributed by atoms with van der Waals surface area (Å²) in [7, 11) is 3.10. The van der Waals surface area contributed by atoms with E-state index in [1.54, 1.807) is 32.2 Å². The molecule has 5 nitrogen and oxygen atoms in total. The first-order valence-corrected chi connectivity index (χ1v) is 5.77. The second-order valence-corrected chi connectivity index (χ2v) is 4.29. The Balaban J connectivity index is 2.94. The number of benzene rings is 1. The minimum atomic E-state index is -0.898. The van der Waals surface area contributed by atoms with Crippen LogP contribution in [0.15, 0.2) is 18.2 Å². The highest BCUT2D eigenvalue weighted by molar-refractivity contribution is 5.98. The maximum absolute atomic E-state index is 12.0. The molecule has 1 aromatic rings. The lowest BCUT2D eigenvalue weighted by Crippen LogP contribution is -2.47. The number of anilines is 1. The summed E-state index contributed by atoms with van der Waals surface area (Å²) in [6.45, 7) is 3.56. The molecule has 0 fully saturated rings. The molecule has 0 aliphatic rings. The number of carbonyl (C=O) groups is 1. The minimum absolute atomic E-state index is 0.242. The number of hydrogen-bond acceptors (Lipinski definition) is 4. The zero-order valence-corrected chi connectivity index (χ0v) is 11.2. The molecular weight excluding hydrogens is 232 g/mol. The second kappa shape index (κ2) is 5.73. The first-order valence-electron chi connectivity index (χ1n) is 5.77. The Morgan fingerprint density at radius 2 is 2.06 bits per heavy atom. The summed E-state index contributed by atoms with van der Waals surface area (Å²) in [4.78, 5) is 12.0. The summed E-state index contributed by atoms with van der Waals surface area (Å²) in [6, 6.07) is 5.18. The molecule has 0 heterocycles. The fourth-order valence-electron chi connectivity index (χ4n) is 1.33. The van der Waals surface area contributed by atoms with Gasteiger partial charge in [0.05, 0.1) is 25.4 Å². The van der Waals surface area contributed by atoms with Crippen molar-refractivity contribution in [3.63, 3.8) is 0 Å². The van der Waals surface area contributed by atoms with Gasteiger partial charge in [0, 0.05) is 6.07 Å². The third-order valence-electron chi connectivity index (χ3n) is 2.91. The van der Waals surface area contributed by atoms with E-state index in [1.807, 2.05) is 6.92 Å². The molecule has 18 heavy (non-hydrogen) atoms. The van der Waals surface area contributed by atoms with Gasteiger partial charge in [0.2, 0.25) is 5.91 Å². The van der Waals surface area contributed by atoms with Crippen molar-refractivity contribution in [2.45, 2.75) is 25.8 Å². The van der Waals surface area contributed by atoms with E-state index in [4.69, 9.17) is 15.2 Å². The molecule has 3 N–H and O–H groups in total. The molecule has 1 atom stereocenters. The normalized spacial score (nSPS) is 13.6. The number of hydrogen-bond donors (Lipinski definition) is 2. The molecule has 1 aromatic carbocycles. The molecule has 1 unspecified atom stereocenters. The minimum Gasteiger partial charge on any atom is -0.497 e. The van der Waals surface area contributed by atoms with E-state index in [2.05, 4.69) is 5.32 Å². The van der Waals surface area contributed by atoms with Crippen molar-refractivity contribution in [2.24, 2.45) is 5.73 Å². The predicted octanol–water partition coefficient (Wildman–Crippen LogP) is 1.77. The summed E-state index contributed by atoms with van der Waals surface area (Å²) in [6.07, 6.45) is 0.553. The molecule has 1 amide bonds. The van der Waals surface area contributed by atoms with E-state index in [-0.39, 0.29) is 5.91 Å². The Bertz CT molecular complexity index is 430. The van der Waals surface area contributed by atoms with Crippen LogP contribution in [0.4, 0.5) is 5.69 Å². The fraction of sp³-hybridized carbons (Fsp3) is 0.462. The van der Waals surface area contributed by atoms with Crippen LogP contribution in [0, 0.1) is 0 Å².